The van der Waals surface area contributed by atoms with E-state index < -0.39 is 0 Å². The molecule has 0 aliphatic carbocycles. The van der Waals surface area contributed by atoms with E-state index in [1.807, 2.05) is 31.2 Å². The third-order valence-corrected chi connectivity index (χ3v) is 3.37. The van der Waals surface area contributed by atoms with Crippen LogP contribution in [0.3, 0.4) is 0 Å². The van der Waals surface area contributed by atoms with E-state index in [9.17, 15) is 9.90 Å². The zero-order valence-electron chi connectivity index (χ0n) is 12.5. The number of amides is 1. The molecule has 0 fully saturated rings. The summed E-state index contributed by atoms with van der Waals surface area (Å²) < 4.78 is 5.11. The quantitative estimate of drug-likeness (QED) is 0.939. The van der Waals surface area contributed by atoms with Gasteiger partial charge >= 0.3 is 0 Å². The van der Waals surface area contributed by atoms with Gasteiger partial charge < -0.3 is 14.7 Å². The topological polar surface area (TPSA) is 49.8 Å². The smallest absolute Gasteiger partial charge is 0.254 e. The van der Waals surface area contributed by atoms with Gasteiger partial charge in [0.15, 0.2) is 0 Å². The number of phenolic OH excluding ortho intramolecular Hbond substituents is 1. The number of aryl methyl sites for hydroxylation is 1. The summed E-state index contributed by atoms with van der Waals surface area (Å²) in [7, 11) is 3.39. The molecule has 0 bridgehead atoms. The van der Waals surface area contributed by atoms with Crippen LogP contribution in [-0.2, 0) is 6.54 Å². The maximum atomic E-state index is 12.4. The molecule has 0 saturated heterocycles. The van der Waals surface area contributed by atoms with Crippen molar-refractivity contribution >= 4 is 5.91 Å². The Morgan fingerprint density at radius 3 is 2.43 bits per heavy atom. The van der Waals surface area contributed by atoms with Crippen molar-refractivity contribution in [2.75, 3.05) is 14.2 Å². The molecule has 0 atom stereocenters. The van der Waals surface area contributed by atoms with Crippen molar-refractivity contribution in [3.63, 3.8) is 0 Å². The number of hydrogen-bond donors (Lipinski definition) is 1. The summed E-state index contributed by atoms with van der Waals surface area (Å²) in [5, 5.41) is 9.41. The van der Waals surface area contributed by atoms with Crippen LogP contribution in [-0.4, -0.2) is 30.1 Å². The summed E-state index contributed by atoms with van der Waals surface area (Å²) in [6.07, 6.45) is 0. The zero-order chi connectivity index (χ0) is 15.4. The molecule has 0 saturated carbocycles. The first-order chi connectivity index (χ1) is 10.0. The summed E-state index contributed by atoms with van der Waals surface area (Å²) in [5.74, 6) is 0.896. The number of benzene rings is 2. The number of phenols is 1. The predicted octanol–water partition coefficient (Wildman–Crippen LogP) is 2.98. The molecule has 21 heavy (non-hydrogen) atoms. The molecule has 4 nitrogen and oxygen atoms in total. The summed E-state index contributed by atoms with van der Waals surface area (Å²) in [6.45, 7) is 2.33. The highest BCUT2D eigenvalue weighted by Gasteiger charge is 2.14. The second-order valence-electron chi connectivity index (χ2n) is 5.01. The minimum Gasteiger partial charge on any atom is -0.508 e. The van der Waals surface area contributed by atoms with Crippen LogP contribution in [0.1, 0.15) is 21.5 Å². The minimum absolute atomic E-state index is 0.0664. The van der Waals surface area contributed by atoms with E-state index in [0.29, 0.717) is 12.1 Å². The average Bonchev–Trinajstić information content (AvgIpc) is 2.47. The highest BCUT2D eigenvalue weighted by molar-refractivity contribution is 5.95. The standard InChI is InChI=1S/C17H19NO3/c1-12-10-14(19)6-9-16(12)17(20)18(2)11-13-4-7-15(21-3)8-5-13/h4-10,19H,11H2,1-3H3. The van der Waals surface area contributed by atoms with Crippen molar-refractivity contribution in [1.82, 2.24) is 4.90 Å². The van der Waals surface area contributed by atoms with Crippen LogP contribution in [0.2, 0.25) is 0 Å². The normalized spacial score (nSPS) is 10.2. The van der Waals surface area contributed by atoms with Gasteiger partial charge in [-0.2, -0.15) is 0 Å². The molecule has 0 radical (unpaired) electrons. The number of ether oxygens (including phenoxy) is 1. The molecule has 2 aromatic rings. The van der Waals surface area contributed by atoms with E-state index in [4.69, 9.17) is 4.74 Å². The van der Waals surface area contributed by atoms with E-state index in [2.05, 4.69) is 0 Å². The SMILES string of the molecule is COc1ccc(CN(C)C(=O)c2ccc(O)cc2C)cc1. The number of nitrogens with zero attached hydrogens (tertiary/aromatic N) is 1. The second kappa shape index (κ2) is 6.31. The van der Waals surface area contributed by atoms with Crippen molar-refractivity contribution < 1.29 is 14.6 Å². The molecule has 4 heteroatoms. The molecule has 0 spiro atoms. The van der Waals surface area contributed by atoms with Crippen LogP contribution in [0.5, 0.6) is 11.5 Å². The van der Waals surface area contributed by atoms with Crippen LogP contribution in [0.4, 0.5) is 0 Å². The monoisotopic (exact) mass is 285 g/mol. The van der Waals surface area contributed by atoms with Gasteiger partial charge in [-0.1, -0.05) is 12.1 Å². The maximum absolute atomic E-state index is 12.4. The third kappa shape index (κ3) is 3.54. The Morgan fingerprint density at radius 2 is 1.86 bits per heavy atom. The van der Waals surface area contributed by atoms with Gasteiger partial charge in [-0.25, -0.2) is 0 Å². The summed E-state index contributed by atoms with van der Waals surface area (Å²) in [6, 6.07) is 12.4. The van der Waals surface area contributed by atoms with Crippen molar-refractivity contribution in [3.8, 4) is 11.5 Å². The highest BCUT2D eigenvalue weighted by Crippen LogP contribution is 2.18. The summed E-state index contributed by atoms with van der Waals surface area (Å²) in [4.78, 5) is 14.1. The number of methoxy groups -OCH3 is 1. The number of rotatable bonds is 4. The summed E-state index contributed by atoms with van der Waals surface area (Å²) in [5.41, 5.74) is 2.40. The van der Waals surface area contributed by atoms with Crippen LogP contribution < -0.4 is 4.74 Å². The van der Waals surface area contributed by atoms with Gasteiger partial charge in [0.25, 0.3) is 5.91 Å². The molecule has 0 aromatic heterocycles. The molecule has 0 unspecified atom stereocenters. The number of aromatic hydroxyl groups is 1. The first-order valence-electron chi connectivity index (χ1n) is 6.69. The van der Waals surface area contributed by atoms with E-state index >= 15 is 0 Å². The molecule has 2 aromatic carbocycles. The van der Waals surface area contributed by atoms with E-state index in [-0.39, 0.29) is 11.7 Å². The molecule has 2 rings (SSSR count). The average molecular weight is 285 g/mol. The molecule has 0 aliphatic heterocycles. The van der Waals surface area contributed by atoms with E-state index in [1.54, 1.807) is 31.2 Å². The fourth-order valence-electron chi connectivity index (χ4n) is 2.17. The van der Waals surface area contributed by atoms with Gasteiger partial charge in [0.1, 0.15) is 11.5 Å². The summed E-state index contributed by atoms with van der Waals surface area (Å²) >= 11 is 0. The first kappa shape index (κ1) is 14.9. The van der Waals surface area contributed by atoms with Crippen LogP contribution in [0.15, 0.2) is 42.5 Å². The molecular formula is C17H19NO3. The minimum atomic E-state index is -0.0664. The lowest BCUT2D eigenvalue weighted by molar-refractivity contribution is 0.0784. The molecule has 0 aliphatic rings. The first-order valence-corrected chi connectivity index (χ1v) is 6.69. The Bertz CT molecular complexity index is 635. The third-order valence-electron chi connectivity index (χ3n) is 3.37. The predicted molar refractivity (Wildman–Crippen MR) is 81.6 cm³/mol. The lowest BCUT2D eigenvalue weighted by Gasteiger charge is -2.18. The highest BCUT2D eigenvalue weighted by atomic mass is 16.5. The lowest BCUT2D eigenvalue weighted by atomic mass is 10.1. The Kier molecular flexibility index (Phi) is 4.48. The molecular weight excluding hydrogens is 266 g/mol. The van der Waals surface area contributed by atoms with Crippen LogP contribution in [0.25, 0.3) is 0 Å². The zero-order valence-corrected chi connectivity index (χ0v) is 12.5. The largest absolute Gasteiger partial charge is 0.508 e. The molecule has 110 valence electrons. The Labute approximate surface area is 124 Å². The molecule has 0 heterocycles. The van der Waals surface area contributed by atoms with Gasteiger partial charge in [0.05, 0.1) is 7.11 Å². The van der Waals surface area contributed by atoms with Gasteiger partial charge in [-0.3, -0.25) is 4.79 Å². The molecule has 1 N–H and O–H groups in total. The van der Waals surface area contributed by atoms with E-state index in [1.165, 1.54) is 6.07 Å². The maximum Gasteiger partial charge on any atom is 0.254 e. The van der Waals surface area contributed by atoms with E-state index in [0.717, 1.165) is 16.9 Å². The second-order valence-corrected chi connectivity index (χ2v) is 5.01. The van der Waals surface area contributed by atoms with Crippen molar-refractivity contribution in [2.45, 2.75) is 13.5 Å². The Morgan fingerprint density at radius 1 is 1.19 bits per heavy atom. The number of carbonyl (C=O) groups excluding carboxylic acids is 1. The van der Waals surface area contributed by atoms with Crippen molar-refractivity contribution in [1.29, 1.82) is 0 Å². The lowest BCUT2D eigenvalue weighted by Crippen LogP contribution is -2.26. The van der Waals surface area contributed by atoms with Crippen molar-refractivity contribution in [2.24, 2.45) is 0 Å². The van der Waals surface area contributed by atoms with Gasteiger partial charge in [0.2, 0.25) is 0 Å². The fraction of sp³-hybridized carbons (Fsp3) is 0.235. The van der Waals surface area contributed by atoms with Gasteiger partial charge in [-0.15, -0.1) is 0 Å². The Balaban J connectivity index is 2.11. The number of hydrogen-bond acceptors (Lipinski definition) is 3. The van der Waals surface area contributed by atoms with Crippen LogP contribution >= 0.6 is 0 Å². The van der Waals surface area contributed by atoms with Crippen molar-refractivity contribution in [3.05, 3.63) is 59.2 Å². The molecule has 1 amide bonds. The van der Waals surface area contributed by atoms with Gasteiger partial charge in [-0.05, 0) is 48.4 Å². The Hall–Kier alpha value is -2.49. The number of carbonyl (C=O) groups is 1. The van der Waals surface area contributed by atoms with Crippen LogP contribution in [0, 0.1) is 6.92 Å². The fourth-order valence-corrected chi connectivity index (χ4v) is 2.17. The van der Waals surface area contributed by atoms with Gasteiger partial charge in [0, 0.05) is 19.2 Å².